The molecular weight excluding hydrogens is 222 g/mol. The zero-order valence-electron chi connectivity index (χ0n) is 12.6. The highest BCUT2D eigenvalue weighted by molar-refractivity contribution is 4.58. The molecule has 0 aromatic rings. The Balaban J connectivity index is 3.45. The fraction of sp³-hybridized carbons (Fsp3) is 0.875. The molecular formula is C16H33NO. The van der Waals surface area contributed by atoms with Gasteiger partial charge < -0.3 is 9.64 Å². The average molecular weight is 255 g/mol. The smallest absolute Gasteiger partial charge is 0.0873 e. The molecule has 0 heterocycles. The maximum atomic E-state index is 5.12. The van der Waals surface area contributed by atoms with Gasteiger partial charge in [-0.25, -0.2) is 0 Å². The second-order valence-corrected chi connectivity index (χ2v) is 5.00. The molecule has 0 rings (SSSR count). The van der Waals surface area contributed by atoms with Gasteiger partial charge in [-0.3, -0.25) is 0 Å². The van der Waals surface area contributed by atoms with E-state index in [2.05, 4.69) is 25.3 Å². The lowest BCUT2D eigenvalue weighted by Gasteiger charge is -2.21. The lowest BCUT2D eigenvalue weighted by Crippen LogP contribution is -2.27. The number of hydrogen-bond acceptors (Lipinski definition) is 2. The van der Waals surface area contributed by atoms with E-state index >= 15 is 0 Å². The first kappa shape index (κ1) is 17.5. The van der Waals surface area contributed by atoms with E-state index in [4.69, 9.17) is 4.74 Å². The highest BCUT2D eigenvalue weighted by atomic mass is 16.5. The van der Waals surface area contributed by atoms with E-state index in [0.29, 0.717) is 0 Å². The minimum atomic E-state index is 0.832. The van der Waals surface area contributed by atoms with Crippen LogP contribution in [0.15, 0.2) is 12.8 Å². The minimum absolute atomic E-state index is 0.832. The summed E-state index contributed by atoms with van der Waals surface area (Å²) in [6.07, 6.45) is 11.9. The van der Waals surface area contributed by atoms with Gasteiger partial charge in [-0.1, -0.05) is 46.1 Å². The van der Waals surface area contributed by atoms with E-state index in [-0.39, 0.29) is 0 Å². The summed E-state index contributed by atoms with van der Waals surface area (Å²) in [4.78, 5) is 2.65. The van der Waals surface area contributed by atoms with Crippen molar-refractivity contribution < 1.29 is 4.74 Å². The highest BCUT2D eigenvalue weighted by Gasteiger charge is 2.03. The Morgan fingerprint density at radius 2 is 1.39 bits per heavy atom. The second kappa shape index (κ2) is 14.6. The van der Waals surface area contributed by atoms with Crippen molar-refractivity contribution in [2.24, 2.45) is 0 Å². The molecule has 0 bridgehead atoms. The topological polar surface area (TPSA) is 12.5 Å². The van der Waals surface area contributed by atoms with Crippen LogP contribution in [0.25, 0.3) is 0 Å². The molecule has 0 aliphatic heterocycles. The van der Waals surface area contributed by atoms with Gasteiger partial charge in [0.05, 0.1) is 12.9 Å². The van der Waals surface area contributed by atoms with Crippen LogP contribution >= 0.6 is 0 Å². The number of unbranched alkanes of at least 4 members (excludes halogenated alkanes) is 5. The van der Waals surface area contributed by atoms with E-state index in [0.717, 1.165) is 13.0 Å². The zero-order valence-corrected chi connectivity index (χ0v) is 12.6. The maximum Gasteiger partial charge on any atom is 0.0873 e. The predicted molar refractivity (Wildman–Crippen MR) is 80.9 cm³/mol. The van der Waals surface area contributed by atoms with E-state index in [1.165, 1.54) is 70.8 Å². The predicted octanol–water partition coefficient (Wildman–Crippen LogP) is 4.61. The molecule has 0 saturated heterocycles. The molecule has 0 saturated carbocycles. The number of hydrogen-bond donors (Lipinski definition) is 0. The number of ether oxygens (including phenoxy) is 1. The zero-order chi connectivity index (χ0) is 13.5. The molecule has 2 nitrogen and oxygen atoms in total. The molecule has 0 N–H and O–H groups in total. The van der Waals surface area contributed by atoms with Crippen LogP contribution in [0.2, 0.25) is 0 Å². The quantitative estimate of drug-likeness (QED) is 0.332. The van der Waals surface area contributed by atoms with Crippen molar-refractivity contribution >= 4 is 0 Å². The van der Waals surface area contributed by atoms with Gasteiger partial charge in [0.25, 0.3) is 0 Å². The van der Waals surface area contributed by atoms with Gasteiger partial charge in [-0.15, -0.1) is 0 Å². The van der Waals surface area contributed by atoms with Crippen LogP contribution in [0, 0.1) is 0 Å². The Morgan fingerprint density at radius 3 is 1.94 bits per heavy atom. The molecule has 108 valence electrons. The molecule has 0 amide bonds. The fourth-order valence-electron chi connectivity index (χ4n) is 2.06. The van der Waals surface area contributed by atoms with E-state index in [9.17, 15) is 0 Å². The minimum Gasteiger partial charge on any atom is -0.502 e. The SMILES string of the molecule is C=COCCCCCCN(CCCC)CCCC. The van der Waals surface area contributed by atoms with E-state index in [1.807, 2.05) is 0 Å². The van der Waals surface area contributed by atoms with Gasteiger partial charge >= 0.3 is 0 Å². The number of rotatable bonds is 14. The molecule has 0 fully saturated rings. The Bertz CT molecular complexity index is 162. The monoisotopic (exact) mass is 255 g/mol. The van der Waals surface area contributed by atoms with E-state index < -0.39 is 0 Å². The van der Waals surface area contributed by atoms with Crippen LogP contribution in [0.1, 0.15) is 65.2 Å². The molecule has 0 radical (unpaired) electrons. The lowest BCUT2D eigenvalue weighted by atomic mass is 10.2. The average Bonchev–Trinajstić information content (AvgIpc) is 2.40. The Labute approximate surface area is 114 Å². The molecule has 18 heavy (non-hydrogen) atoms. The standard InChI is InChI=1S/C16H33NO/c1-4-7-13-17(14-8-5-2)15-11-9-10-12-16-18-6-3/h6H,3-5,7-16H2,1-2H3. The third-order valence-corrected chi connectivity index (χ3v) is 3.26. The maximum absolute atomic E-state index is 5.12. The molecule has 0 atom stereocenters. The van der Waals surface area contributed by atoms with Crippen molar-refractivity contribution in [1.82, 2.24) is 4.90 Å². The summed E-state index contributed by atoms with van der Waals surface area (Å²) < 4.78 is 5.12. The molecule has 0 aromatic carbocycles. The van der Waals surface area contributed by atoms with Crippen LogP contribution in [0.4, 0.5) is 0 Å². The van der Waals surface area contributed by atoms with Crippen LogP contribution in [0.5, 0.6) is 0 Å². The normalized spacial score (nSPS) is 10.8. The second-order valence-electron chi connectivity index (χ2n) is 5.00. The van der Waals surface area contributed by atoms with Crippen LogP contribution in [-0.2, 0) is 4.74 Å². The molecule has 0 aliphatic carbocycles. The summed E-state index contributed by atoms with van der Waals surface area (Å²) in [7, 11) is 0. The Hall–Kier alpha value is -0.500. The van der Waals surface area contributed by atoms with Crippen LogP contribution in [-0.4, -0.2) is 31.1 Å². The van der Waals surface area contributed by atoms with Gasteiger partial charge in [0, 0.05) is 0 Å². The van der Waals surface area contributed by atoms with Crippen molar-refractivity contribution in [1.29, 1.82) is 0 Å². The summed E-state index contributed by atoms with van der Waals surface area (Å²) in [6, 6.07) is 0. The van der Waals surface area contributed by atoms with Gasteiger partial charge in [0.15, 0.2) is 0 Å². The third kappa shape index (κ3) is 12.0. The molecule has 0 unspecified atom stereocenters. The van der Waals surface area contributed by atoms with Crippen molar-refractivity contribution in [2.75, 3.05) is 26.2 Å². The molecule has 2 heteroatoms. The summed E-state index contributed by atoms with van der Waals surface area (Å²) in [5, 5.41) is 0. The van der Waals surface area contributed by atoms with Gasteiger partial charge in [-0.2, -0.15) is 0 Å². The largest absolute Gasteiger partial charge is 0.502 e. The van der Waals surface area contributed by atoms with Gasteiger partial charge in [-0.05, 0) is 45.3 Å². The van der Waals surface area contributed by atoms with Crippen LogP contribution < -0.4 is 0 Å². The van der Waals surface area contributed by atoms with Crippen molar-refractivity contribution in [3.8, 4) is 0 Å². The van der Waals surface area contributed by atoms with Crippen molar-refractivity contribution in [2.45, 2.75) is 65.2 Å². The first-order valence-electron chi connectivity index (χ1n) is 7.80. The Kier molecular flexibility index (Phi) is 14.2. The fourth-order valence-corrected chi connectivity index (χ4v) is 2.06. The summed E-state index contributed by atoms with van der Waals surface area (Å²) in [5.74, 6) is 0. The van der Waals surface area contributed by atoms with Gasteiger partial charge in [0.2, 0.25) is 0 Å². The highest BCUT2D eigenvalue weighted by Crippen LogP contribution is 2.05. The first-order chi connectivity index (χ1) is 8.85. The molecule has 0 aromatic heterocycles. The summed E-state index contributed by atoms with van der Waals surface area (Å²) in [6.45, 7) is 12.8. The molecule has 0 spiro atoms. The summed E-state index contributed by atoms with van der Waals surface area (Å²) in [5.41, 5.74) is 0. The van der Waals surface area contributed by atoms with E-state index in [1.54, 1.807) is 0 Å². The first-order valence-corrected chi connectivity index (χ1v) is 7.80. The van der Waals surface area contributed by atoms with Crippen molar-refractivity contribution in [3.63, 3.8) is 0 Å². The lowest BCUT2D eigenvalue weighted by molar-refractivity contribution is 0.236. The molecule has 0 aliphatic rings. The van der Waals surface area contributed by atoms with Crippen LogP contribution in [0.3, 0.4) is 0 Å². The third-order valence-electron chi connectivity index (χ3n) is 3.26. The number of nitrogens with zero attached hydrogens (tertiary/aromatic N) is 1. The summed E-state index contributed by atoms with van der Waals surface area (Å²) >= 11 is 0. The Morgan fingerprint density at radius 1 is 0.833 bits per heavy atom. The van der Waals surface area contributed by atoms with Gasteiger partial charge in [0.1, 0.15) is 0 Å². The van der Waals surface area contributed by atoms with Crippen molar-refractivity contribution in [3.05, 3.63) is 12.8 Å².